The Hall–Kier alpha value is -2.90. The molecule has 31 heavy (non-hydrogen) atoms. The number of morpholine rings is 1. The van der Waals surface area contributed by atoms with Gasteiger partial charge in [-0.15, -0.1) is 0 Å². The lowest BCUT2D eigenvalue weighted by Gasteiger charge is -2.35. The molecule has 2 aromatic rings. The van der Waals surface area contributed by atoms with E-state index in [-0.39, 0.29) is 6.04 Å². The molecule has 1 saturated heterocycles. The van der Waals surface area contributed by atoms with Gasteiger partial charge in [-0.2, -0.15) is 0 Å². The fourth-order valence-electron chi connectivity index (χ4n) is 3.68. The first-order valence-corrected chi connectivity index (χ1v) is 10.6. The number of amides is 2. The zero-order valence-corrected chi connectivity index (χ0v) is 18.8. The van der Waals surface area contributed by atoms with Crippen molar-refractivity contribution in [2.24, 2.45) is 0 Å². The van der Waals surface area contributed by atoms with Crippen molar-refractivity contribution >= 4 is 23.2 Å². The Kier molecular flexibility index (Phi) is 7.65. The predicted molar refractivity (Wildman–Crippen MR) is 123 cm³/mol. The van der Waals surface area contributed by atoms with Gasteiger partial charge in [0.25, 0.3) is 0 Å². The Labute approximate surface area is 184 Å². The van der Waals surface area contributed by atoms with Gasteiger partial charge in [-0.1, -0.05) is 24.3 Å². The molecule has 7 heteroatoms. The van der Waals surface area contributed by atoms with Crippen molar-refractivity contribution in [2.45, 2.75) is 19.9 Å². The Morgan fingerprint density at radius 3 is 2.35 bits per heavy atom. The van der Waals surface area contributed by atoms with Crippen molar-refractivity contribution < 1.29 is 14.3 Å². The van der Waals surface area contributed by atoms with Crippen molar-refractivity contribution in [3.63, 3.8) is 0 Å². The Morgan fingerprint density at radius 2 is 1.71 bits per heavy atom. The average molecular weight is 425 g/mol. The second kappa shape index (κ2) is 10.4. The topological polar surface area (TPSA) is 73.9 Å². The Bertz CT molecular complexity index is 906. The molecule has 0 unspecified atom stereocenters. The van der Waals surface area contributed by atoms with Gasteiger partial charge in [0.1, 0.15) is 0 Å². The van der Waals surface area contributed by atoms with Gasteiger partial charge in [0.2, 0.25) is 0 Å². The zero-order chi connectivity index (χ0) is 22.4. The molecule has 7 nitrogen and oxygen atoms in total. The first kappa shape index (κ1) is 22.8. The highest BCUT2D eigenvalue weighted by Crippen LogP contribution is 2.24. The molecular weight excluding hydrogens is 392 g/mol. The molecule has 1 heterocycles. The molecule has 0 radical (unpaired) electrons. The Balaban J connectivity index is 1.68. The van der Waals surface area contributed by atoms with Gasteiger partial charge >= 0.3 is 11.8 Å². The number of ether oxygens (including phenoxy) is 1. The van der Waals surface area contributed by atoms with Crippen LogP contribution in [0.15, 0.2) is 42.5 Å². The van der Waals surface area contributed by atoms with Crippen LogP contribution >= 0.6 is 0 Å². The molecule has 2 N–H and O–H groups in total. The number of nitrogens with zero attached hydrogens (tertiary/aromatic N) is 2. The van der Waals surface area contributed by atoms with Crippen molar-refractivity contribution in [2.75, 3.05) is 57.2 Å². The maximum Gasteiger partial charge on any atom is 0.313 e. The van der Waals surface area contributed by atoms with E-state index in [4.69, 9.17) is 4.74 Å². The third kappa shape index (κ3) is 5.83. The smallest absolute Gasteiger partial charge is 0.313 e. The number of aryl methyl sites for hydroxylation is 1. The van der Waals surface area contributed by atoms with Gasteiger partial charge in [0, 0.05) is 45.1 Å². The highest BCUT2D eigenvalue weighted by molar-refractivity contribution is 6.39. The van der Waals surface area contributed by atoms with Gasteiger partial charge in [-0.3, -0.25) is 14.5 Å². The largest absolute Gasteiger partial charge is 0.379 e. The standard InChI is InChI=1S/C24H32N4O3/c1-17-6-5-7-21(18(17)2)26-24(30)23(29)25-16-22(28-12-14-31-15-13-28)19-8-10-20(11-9-19)27(3)4/h5-11,22H,12-16H2,1-4H3,(H,25,29)(H,26,30)/t22-/m1/s1. The average Bonchev–Trinajstić information content (AvgIpc) is 2.78. The molecule has 2 amide bonds. The van der Waals surface area contributed by atoms with Crippen molar-refractivity contribution in [1.29, 1.82) is 0 Å². The minimum Gasteiger partial charge on any atom is -0.379 e. The summed E-state index contributed by atoms with van der Waals surface area (Å²) in [5, 5.41) is 5.55. The second-order valence-corrected chi connectivity index (χ2v) is 8.06. The van der Waals surface area contributed by atoms with Crippen LogP contribution in [0.1, 0.15) is 22.7 Å². The number of rotatable bonds is 6. The molecule has 0 aromatic heterocycles. The highest BCUT2D eigenvalue weighted by atomic mass is 16.5. The number of carbonyl (C=O) groups excluding carboxylic acids is 2. The van der Waals surface area contributed by atoms with Crippen LogP contribution in [0.2, 0.25) is 0 Å². The van der Waals surface area contributed by atoms with E-state index in [0.29, 0.717) is 25.4 Å². The number of carbonyl (C=O) groups is 2. The van der Waals surface area contributed by atoms with Crippen LogP contribution in [0.3, 0.4) is 0 Å². The summed E-state index contributed by atoms with van der Waals surface area (Å²) in [6.07, 6.45) is 0. The third-order valence-corrected chi connectivity index (χ3v) is 5.80. The number of benzene rings is 2. The lowest BCUT2D eigenvalue weighted by atomic mass is 10.0. The maximum atomic E-state index is 12.5. The van der Waals surface area contributed by atoms with Gasteiger partial charge in [-0.05, 0) is 48.7 Å². The molecule has 0 spiro atoms. The van der Waals surface area contributed by atoms with Gasteiger partial charge < -0.3 is 20.3 Å². The first-order valence-electron chi connectivity index (χ1n) is 10.6. The number of anilines is 2. The van der Waals surface area contributed by atoms with Crippen LogP contribution in [0.25, 0.3) is 0 Å². The summed E-state index contributed by atoms with van der Waals surface area (Å²) in [4.78, 5) is 29.3. The number of nitrogens with one attached hydrogen (secondary N) is 2. The molecule has 166 valence electrons. The number of hydrogen-bond acceptors (Lipinski definition) is 5. The predicted octanol–water partition coefficient (Wildman–Crippen LogP) is 2.50. The molecule has 0 saturated carbocycles. The van der Waals surface area contributed by atoms with E-state index in [2.05, 4.69) is 39.8 Å². The minimum absolute atomic E-state index is 0.0300. The molecule has 1 atom stereocenters. The van der Waals surface area contributed by atoms with Crippen LogP contribution in [-0.4, -0.2) is 63.7 Å². The third-order valence-electron chi connectivity index (χ3n) is 5.80. The summed E-state index contributed by atoms with van der Waals surface area (Å²) >= 11 is 0. The zero-order valence-electron chi connectivity index (χ0n) is 18.8. The fraction of sp³-hybridized carbons (Fsp3) is 0.417. The molecule has 1 aliphatic heterocycles. The normalized spacial score (nSPS) is 15.2. The van der Waals surface area contributed by atoms with Gasteiger partial charge in [0.05, 0.1) is 19.3 Å². The molecular formula is C24H32N4O3. The van der Waals surface area contributed by atoms with Crippen LogP contribution < -0.4 is 15.5 Å². The summed E-state index contributed by atoms with van der Waals surface area (Å²) in [5.41, 5.74) is 4.89. The van der Waals surface area contributed by atoms with E-state index in [1.807, 2.05) is 45.0 Å². The SMILES string of the molecule is Cc1cccc(NC(=O)C(=O)NC[C@H](c2ccc(N(C)C)cc2)N2CCOCC2)c1C. The van der Waals surface area contributed by atoms with E-state index >= 15 is 0 Å². The van der Waals surface area contributed by atoms with E-state index in [1.54, 1.807) is 6.07 Å². The minimum atomic E-state index is -0.655. The lowest BCUT2D eigenvalue weighted by molar-refractivity contribution is -0.136. The van der Waals surface area contributed by atoms with E-state index in [0.717, 1.165) is 35.5 Å². The molecule has 0 aliphatic carbocycles. The van der Waals surface area contributed by atoms with E-state index in [1.165, 1.54) is 0 Å². The molecule has 1 aliphatic rings. The highest BCUT2D eigenvalue weighted by Gasteiger charge is 2.25. The van der Waals surface area contributed by atoms with Crippen LogP contribution in [0, 0.1) is 13.8 Å². The first-order chi connectivity index (χ1) is 14.9. The summed E-state index contributed by atoms with van der Waals surface area (Å²) in [7, 11) is 4.01. The monoisotopic (exact) mass is 424 g/mol. The molecule has 2 aromatic carbocycles. The van der Waals surface area contributed by atoms with Crippen LogP contribution in [-0.2, 0) is 14.3 Å². The van der Waals surface area contributed by atoms with Gasteiger partial charge in [0.15, 0.2) is 0 Å². The molecule has 0 bridgehead atoms. The molecule has 1 fully saturated rings. The van der Waals surface area contributed by atoms with Gasteiger partial charge in [-0.25, -0.2) is 0 Å². The maximum absolute atomic E-state index is 12.5. The van der Waals surface area contributed by atoms with Crippen LogP contribution in [0.5, 0.6) is 0 Å². The van der Waals surface area contributed by atoms with Crippen molar-refractivity contribution in [3.05, 3.63) is 59.2 Å². The molecule has 3 rings (SSSR count). The number of hydrogen-bond donors (Lipinski definition) is 2. The van der Waals surface area contributed by atoms with Crippen LogP contribution in [0.4, 0.5) is 11.4 Å². The Morgan fingerprint density at radius 1 is 1.03 bits per heavy atom. The van der Waals surface area contributed by atoms with Crippen molar-refractivity contribution in [1.82, 2.24) is 10.2 Å². The quantitative estimate of drug-likeness (QED) is 0.697. The summed E-state index contributed by atoms with van der Waals surface area (Å²) in [6, 6.07) is 13.9. The fourth-order valence-corrected chi connectivity index (χ4v) is 3.68. The van der Waals surface area contributed by atoms with E-state index < -0.39 is 11.8 Å². The summed E-state index contributed by atoms with van der Waals surface area (Å²) < 4.78 is 5.49. The van der Waals surface area contributed by atoms with E-state index in [9.17, 15) is 9.59 Å². The summed E-state index contributed by atoms with van der Waals surface area (Å²) in [5.74, 6) is -1.29. The second-order valence-electron chi connectivity index (χ2n) is 8.06. The summed E-state index contributed by atoms with van der Waals surface area (Å²) in [6.45, 7) is 7.13. The lowest BCUT2D eigenvalue weighted by Crippen LogP contribution is -2.45. The van der Waals surface area contributed by atoms with Crippen molar-refractivity contribution in [3.8, 4) is 0 Å².